The molecule has 2 nitrogen and oxygen atoms in total. The van der Waals surface area contributed by atoms with Crippen LogP contribution in [0.1, 0.15) is 38.7 Å². The molecule has 0 radical (unpaired) electrons. The Balaban J connectivity index is 1.66. The molecular weight excluding hydrogens is 302 g/mol. The molecule has 1 N–H and O–H groups in total. The lowest BCUT2D eigenvalue weighted by Crippen LogP contribution is -2.43. The van der Waals surface area contributed by atoms with Gasteiger partial charge < -0.3 is 5.32 Å². The summed E-state index contributed by atoms with van der Waals surface area (Å²) in [5.41, 5.74) is 0.845. The van der Waals surface area contributed by atoms with Crippen LogP contribution < -0.4 is 5.32 Å². The van der Waals surface area contributed by atoms with E-state index in [1.54, 1.807) is 0 Å². The zero-order valence-corrected chi connectivity index (χ0v) is 13.0. The van der Waals surface area contributed by atoms with Crippen molar-refractivity contribution < 1.29 is 4.79 Å². The Morgan fingerprint density at radius 2 is 1.74 bits per heavy atom. The molecule has 2 saturated carbocycles. The first-order valence-corrected chi connectivity index (χ1v) is 7.83. The van der Waals surface area contributed by atoms with Crippen LogP contribution in [-0.2, 0) is 10.3 Å². The lowest BCUT2D eigenvalue weighted by atomic mass is 9.92. The molecule has 1 aromatic carbocycles. The summed E-state index contributed by atoms with van der Waals surface area (Å²) in [5, 5.41) is 3.22. The maximum absolute atomic E-state index is 12.3. The van der Waals surface area contributed by atoms with Crippen LogP contribution in [0.4, 0.5) is 0 Å². The summed E-state index contributed by atoms with van der Waals surface area (Å²) >= 11 is 3.44. The molecule has 0 aromatic heterocycles. The number of hydrogen-bond donors (Lipinski definition) is 1. The van der Waals surface area contributed by atoms with Crippen LogP contribution >= 0.6 is 15.9 Å². The highest BCUT2D eigenvalue weighted by Gasteiger charge is 2.48. The van der Waals surface area contributed by atoms with E-state index in [1.165, 1.54) is 6.42 Å². The number of fused-ring (bicyclic) bond motifs is 1. The molecule has 102 valence electrons. The smallest absolute Gasteiger partial charge is 0.223 e. The number of halogens is 1. The topological polar surface area (TPSA) is 29.1 Å². The summed E-state index contributed by atoms with van der Waals surface area (Å²) in [6, 6.07) is 8.18. The first-order valence-electron chi connectivity index (χ1n) is 7.04. The van der Waals surface area contributed by atoms with Gasteiger partial charge in [-0.25, -0.2) is 0 Å². The number of benzene rings is 1. The van der Waals surface area contributed by atoms with E-state index in [-0.39, 0.29) is 17.4 Å². The third kappa shape index (κ3) is 2.71. The predicted octanol–water partition coefficient (Wildman–Crippen LogP) is 3.85. The number of hydrogen-bond acceptors (Lipinski definition) is 1. The van der Waals surface area contributed by atoms with E-state index in [1.807, 2.05) is 12.1 Å². The van der Waals surface area contributed by atoms with Crippen molar-refractivity contribution in [3.8, 4) is 0 Å². The average molecular weight is 322 g/mol. The lowest BCUT2D eigenvalue weighted by Gasteiger charge is -2.29. The first kappa shape index (κ1) is 13.2. The molecule has 1 amide bonds. The number of carbonyl (C=O) groups is 1. The van der Waals surface area contributed by atoms with E-state index in [4.69, 9.17) is 0 Å². The zero-order valence-electron chi connectivity index (χ0n) is 11.4. The van der Waals surface area contributed by atoms with Crippen LogP contribution in [0.5, 0.6) is 0 Å². The van der Waals surface area contributed by atoms with Gasteiger partial charge in [-0.2, -0.15) is 0 Å². The minimum atomic E-state index is -0.301. The predicted molar refractivity (Wildman–Crippen MR) is 79.6 cm³/mol. The van der Waals surface area contributed by atoms with Crippen molar-refractivity contribution in [2.45, 2.75) is 38.6 Å². The third-order valence-corrected chi connectivity index (χ3v) is 5.14. The molecule has 2 aliphatic carbocycles. The second-order valence-corrected chi connectivity index (χ2v) is 7.46. The van der Waals surface area contributed by atoms with Crippen LogP contribution in [0, 0.1) is 17.8 Å². The van der Waals surface area contributed by atoms with E-state index >= 15 is 0 Å². The van der Waals surface area contributed by atoms with Gasteiger partial charge in [-0.15, -0.1) is 0 Å². The first-order chi connectivity index (χ1) is 8.95. The molecule has 0 aliphatic heterocycles. The SMILES string of the molecule is CC(C)(NC(=O)C1CC2CC2C1)c1ccc(Br)cc1. The number of nitrogens with one attached hydrogen (secondary N) is 1. The maximum atomic E-state index is 12.3. The molecule has 0 bridgehead atoms. The Labute approximate surface area is 123 Å². The van der Waals surface area contributed by atoms with Gasteiger partial charge >= 0.3 is 0 Å². The molecule has 1 aromatic rings. The van der Waals surface area contributed by atoms with Crippen LogP contribution in [-0.4, -0.2) is 5.91 Å². The number of carbonyl (C=O) groups excluding carboxylic acids is 1. The van der Waals surface area contributed by atoms with E-state index in [0.29, 0.717) is 0 Å². The molecule has 2 fully saturated rings. The van der Waals surface area contributed by atoms with Crippen LogP contribution in [0.15, 0.2) is 28.7 Å². The highest BCUT2D eigenvalue weighted by Crippen LogP contribution is 2.54. The Morgan fingerprint density at radius 1 is 1.16 bits per heavy atom. The van der Waals surface area contributed by atoms with Crippen LogP contribution in [0.25, 0.3) is 0 Å². The Kier molecular flexibility index (Phi) is 3.20. The molecule has 0 heterocycles. The molecule has 0 spiro atoms. The number of rotatable bonds is 3. The maximum Gasteiger partial charge on any atom is 0.223 e. The average Bonchev–Trinajstić information content (AvgIpc) is 2.96. The zero-order chi connectivity index (χ0) is 13.6. The fourth-order valence-corrected chi connectivity index (χ4v) is 3.54. The molecule has 2 unspecified atom stereocenters. The summed E-state index contributed by atoms with van der Waals surface area (Å²) < 4.78 is 1.06. The van der Waals surface area contributed by atoms with Gasteiger partial charge in [-0.1, -0.05) is 28.1 Å². The van der Waals surface area contributed by atoms with Gasteiger partial charge in [-0.05, 0) is 62.6 Å². The van der Waals surface area contributed by atoms with E-state index in [2.05, 4.69) is 47.2 Å². The molecule has 2 aliphatic rings. The second kappa shape index (κ2) is 4.62. The lowest BCUT2D eigenvalue weighted by molar-refractivity contribution is -0.126. The van der Waals surface area contributed by atoms with Gasteiger partial charge in [0.25, 0.3) is 0 Å². The van der Waals surface area contributed by atoms with Crippen LogP contribution in [0.3, 0.4) is 0 Å². The van der Waals surface area contributed by atoms with Crippen molar-refractivity contribution in [2.24, 2.45) is 17.8 Å². The summed E-state index contributed by atoms with van der Waals surface area (Å²) in [5.74, 6) is 2.19. The van der Waals surface area contributed by atoms with Crippen molar-refractivity contribution in [3.63, 3.8) is 0 Å². The van der Waals surface area contributed by atoms with Crippen molar-refractivity contribution in [1.82, 2.24) is 5.32 Å². The summed E-state index contributed by atoms with van der Waals surface area (Å²) in [4.78, 5) is 12.3. The monoisotopic (exact) mass is 321 g/mol. The van der Waals surface area contributed by atoms with Crippen molar-refractivity contribution in [1.29, 1.82) is 0 Å². The Hall–Kier alpha value is -0.830. The van der Waals surface area contributed by atoms with Gasteiger partial charge in [0.1, 0.15) is 0 Å². The number of amides is 1. The molecule has 2 atom stereocenters. The van der Waals surface area contributed by atoms with Gasteiger partial charge in [0, 0.05) is 10.4 Å². The molecule has 19 heavy (non-hydrogen) atoms. The molecule has 3 rings (SSSR count). The third-order valence-electron chi connectivity index (χ3n) is 4.62. The second-order valence-electron chi connectivity index (χ2n) is 6.55. The van der Waals surface area contributed by atoms with Gasteiger partial charge in [0.2, 0.25) is 5.91 Å². The summed E-state index contributed by atoms with van der Waals surface area (Å²) in [6.07, 6.45) is 3.57. The van der Waals surface area contributed by atoms with E-state index in [9.17, 15) is 4.79 Å². The highest BCUT2D eigenvalue weighted by atomic mass is 79.9. The van der Waals surface area contributed by atoms with Crippen molar-refractivity contribution in [2.75, 3.05) is 0 Å². The Morgan fingerprint density at radius 3 is 2.32 bits per heavy atom. The van der Waals surface area contributed by atoms with Crippen molar-refractivity contribution in [3.05, 3.63) is 34.3 Å². The van der Waals surface area contributed by atoms with Gasteiger partial charge in [0.15, 0.2) is 0 Å². The molecule has 0 saturated heterocycles. The standard InChI is InChI=1S/C16H20BrNO/c1-16(2,13-3-5-14(17)6-4-13)18-15(19)12-8-10-7-11(10)9-12/h3-6,10-12H,7-9H2,1-2H3,(H,18,19). The normalized spacial score (nSPS) is 28.9. The fraction of sp³-hybridized carbons (Fsp3) is 0.562. The summed E-state index contributed by atoms with van der Waals surface area (Å²) in [6.45, 7) is 4.15. The summed E-state index contributed by atoms with van der Waals surface area (Å²) in [7, 11) is 0. The minimum absolute atomic E-state index is 0.236. The van der Waals surface area contributed by atoms with Gasteiger partial charge in [0.05, 0.1) is 5.54 Å². The highest BCUT2D eigenvalue weighted by molar-refractivity contribution is 9.10. The fourth-order valence-electron chi connectivity index (χ4n) is 3.28. The minimum Gasteiger partial charge on any atom is -0.347 e. The largest absolute Gasteiger partial charge is 0.347 e. The van der Waals surface area contributed by atoms with E-state index < -0.39 is 0 Å². The van der Waals surface area contributed by atoms with Gasteiger partial charge in [-0.3, -0.25) is 4.79 Å². The quantitative estimate of drug-likeness (QED) is 0.900. The van der Waals surface area contributed by atoms with Crippen molar-refractivity contribution >= 4 is 21.8 Å². The Bertz CT molecular complexity index is 484. The molecule has 3 heteroatoms. The molecular formula is C16H20BrNO. The van der Waals surface area contributed by atoms with E-state index in [0.717, 1.165) is 34.7 Å². The van der Waals surface area contributed by atoms with Crippen LogP contribution in [0.2, 0.25) is 0 Å².